The minimum absolute atomic E-state index is 0.0257. The number of nitro groups is 1. The molecule has 5 nitrogen and oxygen atoms in total. The van der Waals surface area contributed by atoms with Crippen molar-refractivity contribution in [2.75, 3.05) is 17.6 Å². The molecule has 2 rings (SSSR count). The second-order valence-corrected chi connectivity index (χ2v) is 7.51. The molecule has 0 radical (unpaired) electrons. The third-order valence-corrected chi connectivity index (χ3v) is 5.04. The minimum Gasteiger partial charge on any atom is -0.484 e. The molecule has 0 spiro atoms. The maximum absolute atomic E-state index is 11.4. The predicted molar refractivity (Wildman–Crippen MR) is 87.4 cm³/mol. The van der Waals surface area contributed by atoms with Gasteiger partial charge in [-0.2, -0.15) is 11.8 Å². The van der Waals surface area contributed by atoms with E-state index in [0.29, 0.717) is 11.4 Å². The van der Waals surface area contributed by atoms with Crippen molar-refractivity contribution in [1.29, 1.82) is 0 Å². The number of thioether (sulfide) groups is 1. The number of anilines is 1. The van der Waals surface area contributed by atoms with E-state index in [1.165, 1.54) is 6.42 Å². The topological polar surface area (TPSA) is 64.4 Å². The van der Waals surface area contributed by atoms with Gasteiger partial charge in [-0.05, 0) is 51.5 Å². The zero-order chi connectivity index (χ0) is 15.5. The summed E-state index contributed by atoms with van der Waals surface area (Å²) in [5.74, 6) is 1.49. The first-order valence-corrected chi connectivity index (χ1v) is 8.22. The smallest absolute Gasteiger partial charge is 0.333 e. The molecular weight excluding hydrogens is 288 g/mol. The molecule has 1 saturated heterocycles. The second-order valence-electron chi connectivity index (χ2n) is 5.83. The minimum atomic E-state index is -0.371. The van der Waals surface area contributed by atoms with E-state index in [-0.39, 0.29) is 21.5 Å². The standard InChI is InChI=1S/C15H22N2O3S/c1-11(2)20-13-7-4-6-12(14(13)17(18)19)16-10-15(3)8-5-9-21-15/h4,6-7,11,16H,5,8-10H2,1-3H3. The molecular formula is C15H22N2O3S. The van der Waals surface area contributed by atoms with E-state index in [0.717, 1.165) is 18.7 Å². The lowest BCUT2D eigenvalue weighted by atomic mass is 10.1. The van der Waals surface area contributed by atoms with Crippen LogP contribution in [0.1, 0.15) is 33.6 Å². The Kier molecular flexibility index (Phi) is 4.98. The molecule has 1 aromatic carbocycles. The van der Waals surface area contributed by atoms with Crippen LogP contribution in [0.25, 0.3) is 0 Å². The van der Waals surface area contributed by atoms with Gasteiger partial charge >= 0.3 is 5.69 Å². The fourth-order valence-electron chi connectivity index (χ4n) is 2.46. The van der Waals surface area contributed by atoms with Crippen molar-refractivity contribution >= 4 is 23.1 Å². The zero-order valence-corrected chi connectivity index (χ0v) is 13.5. The average Bonchev–Trinajstić information content (AvgIpc) is 2.83. The van der Waals surface area contributed by atoms with Gasteiger partial charge < -0.3 is 10.1 Å². The van der Waals surface area contributed by atoms with Crippen LogP contribution in [-0.2, 0) is 0 Å². The zero-order valence-electron chi connectivity index (χ0n) is 12.7. The summed E-state index contributed by atoms with van der Waals surface area (Å²) in [4.78, 5) is 11.0. The quantitative estimate of drug-likeness (QED) is 0.633. The van der Waals surface area contributed by atoms with Gasteiger partial charge in [-0.25, -0.2) is 0 Å². The van der Waals surface area contributed by atoms with Crippen molar-refractivity contribution in [3.63, 3.8) is 0 Å². The number of rotatable bonds is 6. The molecule has 1 aliphatic rings. The van der Waals surface area contributed by atoms with Crippen molar-refractivity contribution in [2.45, 2.75) is 44.5 Å². The van der Waals surface area contributed by atoms with Gasteiger partial charge in [0.15, 0.2) is 5.75 Å². The van der Waals surface area contributed by atoms with Gasteiger partial charge in [0.25, 0.3) is 0 Å². The molecule has 1 fully saturated rings. The molecule has 1 heterocycles. The van der Waals surface area contributed by atoms with Gasteiger partial charge in [0.1, 0.15) is 5.69 Å². The molecule has 0 saturated carbocycles. The van der Waals surface area contributed by atoms with Crippen LogP contribution < -0.4 is 10.1 Å². The monoisotopic (exact) mass is 310 g/mol. The summed E-state index contributed by atoms with van der Waals surface area (Å²) < 4.78 is 5.71. The highest BCUT2D eigenvalue weighted by Crippen LogP contribution is 2.40. The van der Waals surface area contributed by atoms with Crippen molar-refractivity contribution in [3.05, 3.63) is 28.3 Å². The summed E-state index contributed by atoms with van der Waals surface area (Å²) in [5.41, 5.74) is 0.560. The van der Waals surface area contributed by atoms with Crippen molar-refractivity contribution in [3.8, 4) is 5.75 Å². The third kappa shape index (κ3) is 4.03. The van der Waals surface area contributed by atoms with Gasteiger partial charge in [-0.3, -0.25) is 10.1 Å². The third-order valence-electron chi connectivity index (χ3n) is 3.50. The number of nitro benzene ring substituents is 1. The van der Waals surface area contributed by atoms with Crippen LogP contribution in [0.3, 0.4) is 0 Å². The Morgan fingerprint density at radius 2 is 2.29 bits per heavy atom. The summed E-state index contributed by atoms with van der Waals surface area (Å²) in [6.07, 6.45) is 2.25. The van der Waals surface area contributed by atoms with E-state index in [1.54, 1.807) is 18.2 Å². The summed E-state index contributed by atoms with van der Waals surface area (Å²) >= 11 is 1.93. The number of benzene rings is 1. The number of para-hydroxylation sites is 1. The molecule has 0 aliphatic carbocycles. The molecule has 1 atom stereocenters. The van der Waals surface area contributed by atoms with Crippen LogP contribution in [0.4, 0.5) is 11.4 Å². The van der Waals surface area contributed by atoms with Gasteiger partial charge in [-0.15, -0.1) is 0 Å². The molecule has 0 bridgehead atoms. The highest BCUT2D eigenvalue weighted by atomic mass is 32.2. The fourth-order valence-corrected chi connectivity index (χ4v) is 3.71. The first kappa shape index (κ1) is 15.9. The summed E-state index contributed by atoms with van der Waals surface area (Å²) in [5, 5.41) is 14.6. The normalized spacial score (nSPS) is 21.5. The van der Waals surface area contributed by atoms with Gasteiger partial charge in [-0.1, -0.05) is 6.07 Å². The van der Waals surface area contributed by atoms with Crippen LogP contribution >= 0.6 is 11.8 Å². The number of hydrogen-bond acceptors (Lipinski definition) is 5. The lowest BCUT2D eigenvalue weighted by Crippen LogP contribution is -2.27. The molecule has 1 aromatic rings. The SMILES string of the molecule is CC(C)Oc1cccc(NCC2(C)CCCS2)c1[N+](=O)[O-]. The summed E-state index contributed by atoms with van der Waals surface area (Å²) in [6.45, 7) is 6.65. The van der Waals surface area contributed by atoms with Crippen molar-refractivity contribution in [2.24, 2.45) is 0 Å². The highest BCUT2D eigenvalue weighted by Gasteiger charge is 2.30. The highest BCUT2D eigenvalue weighted by molar-refractivity contribution is 8.00. The molecule has 21 heavy (non-hydrogen) atoms. The largest absolute Gasteiger partial charge is 0.484 e. The van der Waals surface area contributed by atoms with Crippen LogP contribution in [0.2, 0.25) is 0 Å². The Morgan fingerprint density at radius 1 is 1.52 bits per heavy atom. The Labute approximate surface area is 129 Å². The Balaban J connectivity index is 2.19. The predicted octanol–water partition coefficient (Wildman–Crippen LogP) is 4.08. The van der Waals surface area contributed by atoms with Crippen LogP contribution in [0.15, 0.2) is 18.2 Å². The first-order valence-electron chi connectivity index (χ1n) is 7.23. The van der Waals surface area contributed by atoms with Crippen molar-refractivity contribution < 1.29 is 9.66 Å². The van der Waals surface area contributed by atoms with Gasteiger partial charge in [0, 0.05) is 11.3 Å². The Hall–Kier alpha value is -1.43. The molecule has 0 amide bonds. The van der Waals surface area contributed by atoms with Crippen LogP contribution in [0.5, 0.6) is 5.75 Å². The number of hydrogen-bond donors (Lipinski definition) is 1. The molecule has 1 N–H and O–H groups in total. The number of nitrogens with one attached hydrogen (secondary N) is 1. The summed E-state index contributed by atoms with van der Waals surface area (Å²) in [6, 6.07) is 5.18. The number of ether oxygens (including phenoxy) is 1. The summed E-state index contributed by atoms with van der Waals surface area (Å²) in [7, 11) is 0. The van der Waals surface area contributed by atoms with E-state index in [9.17, 15) is 10.1 Å². The van der Waals surface area contributed by atoms with E-state index in [2.05, 4.69) is 12.2 Å². The molecule has 116 valence electrons. The van der Waals surface area contributed by atoms with E-state index in [4.69, 9.17) is 4.74 Å². The molecule has 0 aromatic heterocycles. The molecule has 6 heteroatoms. The van der Waals surface area contributed by atoms with E-state index < -0.39 is 0 Å². The molecule has 1 aliphatic heterocycles. The van der Waals surface area contributed by atoms with Crippen molar-refractivity contribution in [1.82, 2.24) is 0 Å². The van der Waals surface area contributed by atoms with E-state index >= 15 is 0 Å². The van der Waals surface area contributed by atoms with Gasteiger partial charge in [0.2, 0.25) is 0 Å². The van der Waals surface area contributed by atoms with Gasteiger partial charge in [0.05, 0.1) is 11.0 Å². The molecule has 1 unspecified atom stereocenters. The number of nitrogens with zero attached hydrogens (tertiary/aromatic N) is 1. The van der Waals surface area contributed by atoms with E-state index in [1.807, 2.05) is 25.6 Å². The van der Waals surface area contributed by atoms with Crippen LogP contribution in [-0.4, -0.2) is 28.1 Å². The Bertz CT molecular complexity index is 514. The first-order chi connectivity index (χ1) is 9.91. The Morgan fingerprint density at radius 3 is 2.86 bits per heavy atom. The lowest BCUT2D eigenvalue weighted by Gasteiger charge is -2.23. The van der Waals surface area contributed by atoms with Crippen LogP contribution in [0, 0.1) is 10.1 Å². The fraction of sp³-hybridized carbons (Fsp3) is 0.600. The lowest BCUT2D eigenvalue weighted by molar-refractivity contribution is -0.385. The second kappa shape index (κ2) is 6.56. The maximum atomic E-state index is 11.4. The average molecular weight is 310 g/mol. The maximum Gasteiger partial charge on any atom is 0.333 e.